The minimum absolute atomic E-state index is 0.0486. The molecule has 1 rings (SSSR count). The van der Waals surface area contributed by atoms with Crippen molar-refractivity contribution in [2.75, 3.05) is 0 Å². The molecule has 0 nitrogen and oxygen atoms in total. The molecule has 0 saturated carbocycles. The second kappa shape index (κ2) is 2.57. The topological polar surface area (TPSA) is 0 Å². The van der Waals surface area contributed by atoms with Crippen LogP contribution in [-0.4, -0.2) is 11.8 Å². The molecule has 0 aromatic carbocycles. The minimum atomic E-state index is -5.05. The van der Waals surface area contributed by atoms with Crippen LogP contribution in [0.3, 0.4) is 0 Å². The molecule has 1 aliphatic rings. The third-order valence-corrected chi connectivity index (χ3v) is 1.53. The Hall–Kier alpha value is -0.870. The van der Waals surface area contributed by atoms with E-state index in [1.54, 1.807) is 0 Å². The summed E-state index contributed by atoms with van der Waals surface area (Å²) in [5.74, 6) is -1.19. The SMILES string of the molecule is FC1=CC(F)(C(F)(F)F)CC=C1. The molecule has 0 saturated heterocycles. The Morgan fingerprint density at radius 3 is 2.25 bits per heavy atom. The lowest BCUT2D eigenvalue weighted by Gasteiger charge is -2.24. The number of rotatable bonds is 0. The van der Waals surface area contributed by atoms with Gasteiger partial charge in [0.2, 0.25) is 5.67 Å². The first kappa shape index (κ1) is 9.22. The van der Waals surface area contributed by atoms with Crippen LogP contribution in [0.1, 0.15) is 6.42 Å². The van der Waals surface area contributed by atoms with Gasteiger partial charge < -0.3 is 0 Å². The van der Waals surface area contributed by atoms with Gasteiger partial charge in [-0.1, -0.05) is 6.08 Å². The molecule has 0 N–H and O–H groups in total. The third-order valence-electron chi connectivity index (χ3n) is 1.53. The van der Waals surface area contributed by atoms with Crippen molar-refractivity contribution in [3.8, 4) is 0 Å². The molecular weight excluding hydrogens is 179 g/mol. The first-order valence-corrected chi connectivity index (χ1v) is 3.16. The van der Waals surface area contributed by atoms with E-state index in [4.69, 9.17) is 0 Å². The molecule has 0 fully saturated rings. The molecule has 68 valence electrons. The van der Waals surface area contributed by atoms with Gasteiger partial charge in [-0.2, -0.15) is 13.2 Å². The van der Waals surface area contributed by atoms with Crippen LogP contribution in [0.4, 0.5) is 22.0 Å². The first-order valence-electron chi connectivity index (χ1n) is 3.16. The van der Waals surface area contributed by atoms with Gasteiger partial charge in [0, 0.05) is 6.42 Å². The lowest BCUT2D eigenvalue weighted by Crippen LogP contribution is -2.39. The Kier molecular flexibility index (Phi) is 1.97. The molecule has 5 heteroatoms. The molecule has 0 radical (unpaired) electrons. The van der Waals surface area contributed by atoms with E-state index in [9.17, 15) is 22.0 Å². The molecule has 1 unspecified atom stereocenters. The maximum absolute atomic E-state index is 12.8. The van der Waals surface area contributed by atoms with Gasteiger partial charge in [-0.3, -0.25) is 0 Å². The number of alkyl halides is 4. The highest BCUT2D eigenvalue weighted by Gasteiger charge is 2.54. The summed E-state index contributed by atoms with van der Waals surface area (Å²) in [5.41, 5.74) is -3.54. The molecule has 0 amide bonds. The molecule has 0 heterocycles. The van der Waals surface area contributed by atoms with Crippen LogP contribution in [0.25, 0.3) is 0 Å². The van der Waals surface area contributed by atoms with Crippen molar-refractivity contribution < 1.29 is 22.0 Å². The zero-order valence-electron chi connectivity index (χ0n) is 5.83. The second-order valence-electron chi connectivity index (χ2n) is 2.50. The average Bonchev–Trinajstić information content (AvgIpc) is 1.83. The highest BCUT2D eigenvalue weighted by molar-refractivity contribution is 5.25. The molecular formula is C7H5F5. The van der Waals surface area contributed by atoms with Crippen molar-refractivity contribution in [2.24, 2.45) is 0 Å². The minimum Gasteiger partial charge on any atom is -0.229 e. The van der Waals surface area contributed by atoms with E-state index in [1.807, 2.05) is 0 Å². The largest absolute Gasteiger partial charge is 0.426 e. The Bertz CT molecular complexity index is 237. The highest BCUT2D eigenvalue weighted by Crippen LogP contribution is 2.40. The Labute approximate surface area is 65.4 Å². The summed E-state index contributed by atoms with van der Waals surface area (Å²) >= 11 is 0. The van der Waals surface area contributed by atoms with Gasteiger partial charge >= 0.3 is 6.18 Å². The molecule has 0 spiro atoms. The van der Waals surface area contributed by atoms with E-state index in [0.29, 0.717) is 0 Å². The Balaban J connectivity index is 2.95. The van der Waals surface area contributed by atoms with E-state index in [-0.39, 0.29) is 6.08 Å². The smallest absolute Gasteiger partial charge is 0.229 e. The van der Waals surface area contributed by atoms with Crippen molar-refractivity contribution in [2.45, 2.75) is 18.3 Å². The lowest BCUT2D eigenvalue weighted by atomic mass is 9.96. The number of hydrogen-bond acceptors (Lipinski definition) is 0. The van der Waals surface area contributed by atoms with Gasteiger partial charge in [-0.15, -0.1) is 0 Å². The third kappa shape index (κ3) is 1.49. The number of allylic oxidation sites excluding steroid dienone is 4. The normalized spacial score (nSPS) is 30.2. The van der Waals surface area contributed by atoms with E-state index < -0.39 is 24.1 Å². The van der Waals surface area contributed by atoms with Crippen LogP contribution >= 0.6 is 0 Å². The molecule has 0 aromatic heterocycles. The molecule has 12 heavy (non-hydrogen) atoms. The molecule has 0 aromatic rings. The summed E-state index contributed by atoms with van der Waals surface area (Å²) in [6.07, 6.45) is -4.32. The molecule has 0 bridgehead atoms. The highest BCUT2D eigenvalue weighted by atomic mass is 19.4. The predicted octanol–water partition coefficient (Wildman–Crippen LogP) is 3.07. The van der Waals surface area contributed by atoms with Gasteiger partial charge in [0.15, 0.2) is 0 Å². The Morgan fingerprint density at radius 1 is 1.33 bits per heavy atom. The number of hydrogen-bond donors (Lipinski definition) is 0. The zero-order chi connectivity index (χ0) is 9.41. The zero-order valence-corrected chi connectivity index (χ0v) is 5.83. The van der Waals surface area contributed by atoms with Crippen molar-refractivity contribution in [1.82, 2.24) is 0 Å². The standard InChI is InChI=1S/C7H5F5/c8-5-2-1-3-6(9,4-5)7(10,11)12/h1-2,4H,3H2. The molecule has 1 atom stereocenters. The van der Waals surface area contributed by atoms with Gasteiger partial charge in [0.1, 0.15) is 5.83 Å². The van der Waals surface area contributed by atoms with Crippen molar-refractivity contribution in [1.29, 1.82) is 0 Å². The summed E-state index contributed by atoms with van der Waals surface area (Å²) in [4.78, 5) is 0. The van der Waals surface area contributed by atoms with E-state index in [0.717, 1.165) is 12.2 Å². The van der Waals surface area contributed by atoms with Crippen LogP contribution in [0, 0.1) is 0 Å². The van der Waals surface area contributed by atoms with E-state index in [1.165, 1.54) is 0 Å². The van der Waals surface area contributed by atoms with Gasteiger partial charge in [-0.05, 0) is 12.2 Å². The summed E-state index contributed by atoms with van der Waals surface area (Å²) in [5, 5.41) is 0. The quantitative estimate of drug-likeness (QED) is 0.507. The van der Waals surface area contributed by atoms with Gasteiger partial charge in [0.25, 0.3) is 0 Å². The van der Waals surface area contributed by atoms with Crippen LogP contribution in [-0.2, 0) is 0 Å². The van der Waals surface area contributed by atoms with Gasteiger partial charge in [-0.25, -0.2) is 8.78 Å². The van der Waals surface area contributed by atoms with Crippen molar-refractivity contribution in [3.05, 3.63) is 24.1 Å². The van der Waals surface area contributed by atoms with Crippen molar-refractivity contribution in [3.63, 3.8) is 0 Å². The summed E-state index contributed by atoms with van der Waals surface area (Å²) in [7, 11) is 0. The van der Waals surface area contributed by atoms with Crippen LogP contribution in [0.2, 0.25) is 0 Å². The van der Waals surface area contributed by atoms with E-state index in [2.05, 4.69) is 0 Å². The fourth-order valence-corrected chi connectivity index (χ4v) is 0.866. The Morgan fingerprint density at radius 2 is 1.92 bits per heavy atom. The van der Waals surface area contributed by atoms with Gasteiger partial charge in [0.05, 0.1) is 0 Å². The van der Waals surface area contributed by atoms with E-state index >= 15 is 0 Å². The predicted molar refractivity (Wildman–Crippen MR) is 32.8 cm³/mol. The van der Waals surface area contributed by atoms with Crippen molar-refractivity contribution >= 4 is 0 Å². The van der Waals surface area contributed by atoms with Crippen LogP contribution in [0.15, 0.2) is 24.1 Å². The average molecular weight is 184 g/mol. The second-order valence-corrected chi connectivity index (χ2v) is 2.50. The fraction of sp³-hybridized carbons (Fsp3) is 0.429. The number of halogens is 5. The monoisotopic (exact) mass is 184 g/mol. The summed E-state index contributed by atoms with van der Waals surface area (Å²) in [6, 6.07) is 0. The molecule has 0 aliphatic heterocycles. The summed E-state index contributed by atoms with van der Waals surface area (Å²) < 4.78 is 60.7. The maximum Gasteiger partial charge on any atom is 0.426 e. The molecule has 1 aliphatic carbocycles. The lowest BCUT2D eigenvalue weighted by molar-refractivity contribution is -0.211. The maximum atomic E-state index is 12.8. The first-order chi connectivity index (χ1) is 5.35. The van der Waals surface area contributed by atoms with Crippen LogP contribution < -0.4 is 0 Å². The van der Waals surface area contributed by atoms with Crippen LogP contribution in [0.5, 0.6) is 0 Å². The fourth-order valence-electron chi connectivity index (χ4n) is 0.866. The summed E-state index contributed by atoms with van der Waals surface area (Å²) in [6.45, 7) is 0.